The molecule has 0 aromatic heterocycles. The number of likely N-dealkylation sites (tertiary alicyclic amines) is 1. The van der Waals surface area contributed by atoms with Crippen molar-refractivity contribution in [3.05, 3.63) is 22.7 Å². The van der Waals surface area contributed by atoms with E-state index in [0.29, 0.717) is 23.6 Å². The Morgan fingerprint density at radius 3 is 2.33 bits per heavy atom. The van der Waals surface area contributed by atoms with E-state index in [1.165, 1.54) is 25.0 Å². The largest absolute Gasteiger partial charge is 0.593 e. The van der Waals surface area contributed by atoms with Gasteiger partial charge in [0.15, 0.2) is 5.75 Å². The van der Waals surface area contributed by atoms with Gasteiger partial charge in [0, 0.05) is 35.7 Å². The molecule has 0 radical (unpaired) electrons. The second-order valence-electron chi connectivity index (χ2n) is 7.27. The van der Waals surface area contributed by atoms with E-state index in [4.69, 9.17) is 0 Å². The third kappa shape index (κ3) is 5.76. The lowest BCUT2D eigenvalue weighted by Gasteiger charge is -2.40. The van der Waals surface area contributed by atoms with Crippen LogP contribution in [0.2, 0.25) is 0 Å². The smallest absolute Gasteiger partial charge is 0.573 e. The normalized spacial score (nSPS) is 22.7. The van der Waals surface area contributed by atoms with Crippen LogP contribution in [0.1, 0.15) is 32.6 Å². The topological polar surface area (TPSA) is 38.8 Å². The van der Waals surface area contributed by atoms with E-state index in [1.54, 1.807) is 10.4 Å². The maximum Gasteiger partial charge on any atom is 0.573 e. The van der Waals surface area contributed by atoms with Gasteiger partial charge in [0.1, 0.15) is 0 Å². The number of halogens is 4. The molecule has 0 saturated carbocycles. The van der Waals surface area contributed by atoms with Crippen LogP contribution >= 0.6 is 15.9 Å². The minimum absolute atomic E-state index is 0.0563. The van der Waals surface area contributed by atoms with Crippen molar-refractivity contribution in [2.75, 3.05) is 26.2 Å². The van der Waals surface area contributed by atoms with Crippen LogP contribution in [0.15, 0.2) is 27.6 Å². The number of hydrogen-bond donors (Lipinski definition) is 0. The van der Waals surface area contributed by atoms with Crippen molar-refractivity contribution in [2.45, 2.75) is 49.9 Å². The maximum atomic E-state index is 12.9. The Kier molecular flexibility index (Phi) is 7.00. The number of piperidine rings is 2. The van der Waals surface area contributed by atoms with E-state index >= 15 is 0 Å². The lowest BCUT2D eigenvalue weighted by molar-refractivity contribution is -0.275. The van der Waals surface area contributed by atoms with Crippen LogP contribution in [0.5, 0.6) is 5.75 Å². The van der Waals surface area contributed by atoms with Gasteiger partial charge in [0.25, 0.3) is 0 Å². The van der Waals surface area contributed by atoms with Crippen molar-refractivity contribution in [2.24, 2.45) is 5.92 Å². The third-order valence-electron chi connectivity index (χ3n) is 5.31. The standard InChI is InChI=1S/C18H24BrF3N2O2S/c1-13-4-8-23(9-5-13)15-6-10-24(11-7-15)27(25)17-3-2-14(19)12-16(17)26-18(20,21)22/h2-3,12-13,15H,4-11H2,1H3. The van der Waals surface area contributed by atoms with Crippen molar-refractivity contribution >= 4 is 27.3 Å². The first-order valence-electron chi connectivity index (χ1n) is 9.19. The molecule has 1 unspecified atom stereocenters. The van der Waals surface area contributed by atoms with E-state index in [-0.39, 0.29) is 4.90 Å². The molecule has 1 aromatic carbocycles. The van der Waals surface area contributed by atoms with E-state index in [9.17, 15) is 17.7 Å². The molecule has 1 aromatic rings. The minimum atomic E-state index is -4.82. The summed E-state index contributed by atoms with van der Waals surface area (Å²) in [6, 6.07) is 4.70. The van der Waals surface area contributed by atoms with Crippen LogP contribution in [-0.2, 0) is 11.4 Å². The highest BCUT2D eigenvalue weighted by atomic mass is 79.9. The Morgan fingerprint density at radius 1 is 1.11 bits per heavy atom. The van der Waals surface area contributed by atoms with Crippen LogP contribution < -0.4 is 4.74 Å². The molecule has 2 aliphatic rings. The van der Waals surface area contributed by atoms with Gasteiger partial charge in [-0.1, -0.05) is 22.9 Å². The summed E-state index contributed by atoms with van der Waals surface area (Å²) >= 11 is 1.46. The predicted octanol–water partition coefficient (Wildman–Crippen LogP) is 4.57. The Morgan fingerprint density at radius 2 is 1.74 bits per heavy atom. The molecule has 2 heterocycles. The van der Waals surface area contributed by atoms with Gasteiger partial charge < -0.3 is 14.2 Å². The Bertz CT molecular complexity index is 634. The number of ether oxygens (including phenoxy) is 1. The van der Waals surface area contributed by atoms with Gasteiger partial charge in [0.05, 0.1) is 11.4 Å². The monoisotopic (exact) mass is 468 g/mol. The number of benzene rings is 1. The molecular weight excluding hydrogens is 445 g/mol. The highest BCUT2D eigenvalue weighted by Gasteiger charge is 2.37. The molecule has 27 heavy (non-hydrogen) atoms. The van der Waals surface area contributed by atoms with E-state index in [0.717, 1.165) is 31.8 Å². The SMILES string of the molecule is CC1CCN(C2CCN([S+]([O-])c3ccc(Br)cc3OC(F)(F)F)CC2)CC1. The fourth-order valence-corrected chi connectivity index (χ4v) is 5.35. The lowest BCUT2D eigenvalue weighted by Crippen LogP contribution is -2.48. The fourth-order valence-electron chi connectivity index (χ4n) is 3.74. The van der Waals surface area contributed by atoms with Crippen molar-refractivity contribution in [3.8, 4) is 5.75 Å². The molecule has 2 aliphatic heterocycles. The number of alkyl halides is 3. The summed E-state index contributed by atoms with van der Waals surface area (Å²) in [6.07, 6.45) is -0.636. The Hall–Kier alpha value is -0.480. The van der Waals surface area contributed by atoms with Gasteiger partial charge in [-0.3, -0.25) is 0 Å². The highest BCUT2D eigenvalue weighted by molar-refractivity contribution is 9.10. The van der Waals surface area contributed by atoms with Gasteiger partial charge >= 0.3 is 6.36 Å². The molecule has 0 aliphatic carbocycles. The molecule has 152 valence electrons. The lowest BCUT2D eigenvalue weighted by atomic mass is 9.95. The molecule has 4 nitrogen and oxygen atoms in total. The summed E-state index contributed by atoms with van der Waals surface area (Å²) < 4.78 is 57.3. The maximum absolute atomic E-state index is 12.9. The van der Waals surface area contributed by atoms with E-state index < -0.39 is 23.5 Å². The predicted molar refractivity (Wildman–Crippen MR) is 102 cm³/mol. The van der Waals surface area contributed by atoms with Crippen molar-refractivity contribution in [3.63, 3.8) is 0 Å². The molecule has 3 rings (SSSR count). The second kappa shape index (κ2) is 8.90. The molecule has 0 spiro atoms. The third-order valence-corrected chi connectivity index (χ3v) is 7.35. The number of rotatable bonds is 4. The molecule has 0 N–H and O–H groups in total. The number of nitrogens with zero attached hydrogens (tertiary/aromatic N) is 2. The zero-order valence-electron chi connectivity index (χ0n) is 15.2. The molecule has 1 atom stereocenters. The zero-order valence-corrected chi connectivity index (χ0v) is 17.6. The van der Waals surface area contributed by atoms with Crippen LogP contribution in [0.25, 0.3) is 0 Å². The van der Waals surface area contributed by atoms with Crippen LogP contribution in [0.3, 0.4) is 0 Å². The van der Waals surface area contributed by atoms with Crippen LogP contribution in [-0.4, -0.2) is 52.3 Å². The summed E-state index contributed by atoms with van der Waals surface area (Å²) in [4.78, 5) is 2.57. The Labute approximate surface area is 169 Å². The molecule has 2 saturated heterocycles. The summed E-state index contributed by atoms with van der Waals surface area (Å²) in [6.45, 7) is 5.69. The Balaban J connectivity index is 1.63. The van der Waals surface area contributed by atoms with Gasteiger partial charge in [-0.15, -0.1) is 17.5 Å². The fraction of sp³-hybridized carbons (Fsp3) is 0.667. The van der Waals surface area contributed by atoms with Crippen molar-refractivity contribution in [1.82, 2.24) is 9.21 Å². The van der Waals surface area contributed by atoms with E-state index in [1.807, 2.05) is 0 Å². The first-order chi connectivity index (χ1) is 12.7. The van der Waals surface area contributed by atoms with Crippen molar-refractivity contribution in [1.29, 1.82) is 0 Å². The summed E-state index contributed by atoms with van der Waals surface area (Å²) in [5, 5.41) is 0. The quantitative estimate of drug-likeness (QED) is 0.606. The first-order valence-corrected chi connectivity index (χ1v) is 11.1. The number of hydrogen-bond acceptors (Lipinski definition) is 4. The minimum Gasteiger partial charge on any atom is -0.593 e. The first kappa shape index (κ1) is 21.2. The summed E-state index contributed by atoms with van der Waals surface area (Å²) in [7, 11) is 0. The van der Waals surface area contributed by atoms with Gasteiger partial charge in [0.2, 0.25) is 4.90 Å². The average Bonchev–Trinajstić information content (AvgIpc) is 2.61. The van der Waals surface area contributed by atoms with Gasteiger partial charge in [-0.05, 0) is 50.8 Å². The molecule has 0 bridgehead atoms. The van der Waals surface area contributed by atoms with Gasteiger partial charge in [-0.2, -0.15) is 0 Å². The second-order valence-corrected chi connectivity index (χ2v) is 9.64. The molecule has 9 heteroatoms. The molecule has 0 amide bonds. The van der Waals surface area contributed by atoms with Crippen molar-refractivity contribution < 1.29 is 22.5 Å². The molecule has 2 fully saturated rings. The zero-order chi connectivity index (χ0) is 19.6. The van der Waals surface area contributed by atoms with E-state index in [2.05, 4.69) is 32.5 Å². The average molecular weight is 469 g/mol. The molecular formula is C18H24BrF3N2O2S. The summed E-state index contributed by atoms with van der Waals surface area (Å²) in [5.41, 5.74) is 0. The van der Waals surface area contributed by atoms with Gasteiger partial charge in [-0.25, -0.2) is 0 Å². The van der Waals surface area contributed by atoms with Crippen LogP contribution in [0, 0.1) is 5.92 Å². The highest BCUT2D eigenvalue weighted by Crippen LogP contribution is 2.35. The summed E-state index contributed by atoms with van der Waals surface area (Å²) in [5.74, 6) is 0.362. The van der Waals surface area contributed by atoms with Crippen LogP contribution in [0.4, 0.5) is 13.2 Å².